The predicted molar refractivity (Wildman–Crippen MR) is 110 cm³/mol. The van der Waals surface area contributed by atoms with Gasteiger partial charge < -0.3 is 14.6 Å². The minimum atomic E-state index is -1.14. The Kier molecular flexibility index (Phi) is 5.91. The van der Waals surface area contributed by atoms with Crippen molar-refractivity contribution in [3.63, 3.8) is 0 Å². The second-order valence-corrected chi connectivity index (χ2v) is 6.77. The van der Waals surface area contributed by atoms with Crippen LogP contribution in [-0.2, 0) is 0 Å². The number of carbonyl (C=O) groups is 2. The summed E-state index contributed by atoms with van der Waals surface area (Å²) in [6.07, 6.45) is 2.97. The maximum Gasteiger partial charge on any atom is 0.336 e. The fourth-order valence-electron chi connectivity index (χ4n) is 2.82. The standard InChI is InChI=1S/C22H18O5S/c1-26-19-13-20(27-2)17(21-8-5-11-28-21)12-14(19)9-10-18(23)15-6-3-4-7-16(15)22(24)25/h3-13H,1-2H3,(H,24,25). The highest BCUT2D eigenvalue weighted by molar-refractivity contribution is 7.13. The van der Waals surface area contributed by atoms with Gasteiger partial charge in [-0.1, -0.05) is 24.3 Å². The number of thiophene rings is 1. The molecule has 0 amide bonds. The summed E-state index contributed by atoms with van der Waals surface area (Å²) in [5.74, 6) is -0.320. The highest BCUT2D eigenvalue weighted by atomic mass is 32.1. The van der Waals surface area contributed by atoms with Crippen LogP contribution in [-0.4, -0.2) is 31.1 Å². The summed E-state index contributed by atoms with van der Waals surface area (Å²) in [7, 11) is 3.13. The van der Waals surface area contributed by atoms with Crippen molar-refractivity contribution in [1.29, 1.82) is 0 Å². The monoisotopic (exact) mass is 394 g/mol. The van der Waals surface area contributed by atoms with E-state index in [1.807, 2.05) is 23.6 Å². The normalized spacial score (nSPS) is 10.8. The Morgan fingerprint density at radius 1 is 0.964 bits per heavy atom. The zero-order valence-electron chi connectivity index (χ0n) is 15.3. The topological polar surface area (TPSA) is 72.8 Å². The molecule has 2 aromatic carbocycles. The summed E-state index contributed by atoms with van der Waals surface area (Å²) >= 11 is 1.58. The third-order valence-electron chi connectivity index (χ3n) is 4.18. The Balaban J connectivity index is 2.01. The molecule has 0 aliphatic carbocycles. The third-order valence-corrected chi connectivity index (χ3v) is 5.08. The van der Waals surface area contributed by atoms with E-state index in [0.717, 1.165) is 10.4 Å². The summed E-state index contributed by atoms with van der Waals surface area (Å²) in [5, 5.41) is 11.2. The summed E-state index contributed by atoms with van der Waals surface area (Å²) in [6, 6.07) is 13.7. The number of ether oxygens (including phenoxy) is 2. The van der Waals surface area contributed by atoms with Crippen LogP contribution in [0.2, 0.25) is 0 Å². The van der Waals surface area contributed by atoms with Crippen LogP contribution in [0, 0.1) is 0 Å². The molecule has 0 radical (unpaired) electrons. The third kappa shape index (κ3) is 3.97. The molecule has 3 aromatic rings. The lowest BCUT2D eigenvalue weighted by atomic mass is 10.0. The van der Waals surface area contributed by atoms with Crippen LogP contribution >= 0.6 is 11.3 Å². The minimum Gasteiger partial charge on any atom is -0.496 e. The molecule has 0 unspecified atom stereocenters. The first-order valence-corrected chi connectivity index (χ1v) is 9.27. The molecule has 0 fully saturated rings. The average Bonchev–Trinajstić information content (AvgIpc) is 3.25. The van der Waals surface area contributed by atoms with E-state index in [1.165, 1.54) is 18.2 Å². The molecule has 1 heterocycles. The maximum absolute atomic E-state index is 12.6. The van der Waals surface area contributed by atoms with E-state index in [0.29, 0.717) is 17.1 Å². The quantitative estimate of drug-likeness (QED) is 0.450. The maximum atomic E-state index is 12.6. The molecule has 142 valence electrons. The zero-order valence-corrected chi connectivity index (χ0v) is 16.2. The fraction of sp³-hybridized carbons (Fsp3) is 0.0909. The van der Waals surface area contributed by atoms with E-state index in [9.17, 15) is 14.7 Å². The van der Waals surface area contributed by atoms with Gasteiger partial charge in [-0.3, -0.25) is 4.79 Å². The lowest BCUT2D eigenvalue weighted by Crippen LogP contribution is -2.06. The van der Waals surface area contributed by atoms with Gasteiger partial charge in [0.05, 0.1) is 19.8 Å². The zero-order chi connectivity index (χ0) is 20.1. The lowest BCUT2D eigenvalue weighted by Gasteiger charge is -2.12. The first-order chi connectivity index (χ1) is 13.5. The number of ketones is 1. The summed E-state index contributed by atoms with van der Waals surface area (Å²) in [4.78, 5) is 24.9. The van der Waals surface area contributed by atoms with Crippen LogP contribution in [0.4, 0.5) is 0 Å². The van der Waals surface area contributed by atoms with Gasteiger partial charge in [-0.05, 0) is 35.7 Å². The number of allylic oxidation sites excluding steroid dienone is 1. The van der Waals surface area contributed by atoms with Crippen LogP contribution < -0.4 is 9.47 Å². The second-order valence-electron chi connectivity index (χ2n) is 5.82. The van der Waals surface area contributed by atoms with Gasteiger partial charge in [0.15, 0.2) is 5.78 Å². The Morgan fingerprint density at radius 3 is 2.29 bits per heavy atom. The fourth-order valence-corrected chi connectivity index (χ4v) is 3.57. The van der Waals surface area contributed by atoms with Gasteiger partial charge in [-0.2, -0.15) is 0 Å². The molecule has 1 aromatic heterocycles. The highest BCUT2D eigenvalue weighted by Crippen LogP contribution is 2.38. The number of methoxy groups -OCH3 is 2. The molecule has 1 N–H and O–H groups in total. The highest BCUT2D eigenvalue weighted by Gasteiger charge is 2.15. The van der Waals surface area contributed by atoms with Crippen molar-refractivity contribution < 1.29 is 24.2 Å². The van der Waals surface area contributed by atoms with Gasteiger partial charge in [0.2, 0.25) is 0 Å². The van der Waals surface area contributed by atoms with Gasteiger partial charge >= 0.3 is 5.97 Å². The molecule has 0 saturated carbocycles. The number of carboxylic acids is 1. The minimum absolute atomic E-state index is 0.0295. The van der Waals surface area contributed by atoms with Gasteiger partial charge in [0, 0.05) is 27.6 Å². The smallest absolute Gasteiger partial charge is 0.336 e. The second kappa shape index (κ2) is 8.54. The number of benzene rings is 2. The van der Waals surface area contributed by atoms with E-state index < -0.39 is 11.8 Å². The largest absolute Gasteiger partial charge is 0.496 e. The van der Waals surface area contributed by atoms with Crippen molar-refractivity contribution in [1.82, 2.24) is 0 Å². The van der Waals surface area contributed by atoms with Crippen LogP contribution in [0.15, 0.2) is 60.0 Å². The molecule has 0 aliphatic heterocycles. The number of hydrogen-bond acceptors (Lipinski definition) is 5. The van der Waals surface area contributed by atoms with Crippen molar-refractivity contribution in [2.24, 2.45) is 0 Å². The molecule has 3 rings (SSSR count). The Morgan fingerprint density at radius 2 is 1.68 bits per heavy atom. The van der Waals surface area contributed by atoms with Crippen molar-refractivity contribution >= 4 is 29.2 Å². The van der Waals surface area contributed by atoms with E-state index in [-0.39, 0.29) is 11.1 Å². The molecule has 0 bridgehead atoms. The molecule has 0 saturated heterocycles. The molecule has 0 atom stereocenters. The summed E-state index contributed by atoms with van der Waals surface area (Å²) < 4.78 is 10.9. The van der Waals surface area contributed by atoms with Crippen molar-refractivity contribution in [3.05, 3.63) is 76.7 Å². The number of hydrogen-bond donors (Lipinski definition) is 1. The van der Waals surface area contributed by atoms with Crippen LogP contribution in [0.3, 0.4) is 0 Å². The number of carboxylic acid groups (broad SMARTS) is 1. The molecule has 0 aliphatic rings. The van der Waals surface area contributed by atoms with Gasteiger partial charge in [0.25, 0.3) is 0 Å². The Labute approximate surface area is 166 Å². The Bertz CT molecular complexity index is 1040. The van der Waals surface area contributed by atoms with Crippen LogP contribution in [0.25, 0.3) is 16.5 Å². The average molecular weight is 394 g/mol. The SMILES string of the molecule is COc1cc(OC)c(-c2cccs2)cc1C=CC(=O)c1ccccc1C(=O)O. The molecule has 28 heavy (non-hydrogen) atoms. The first-order valence-electron chi connectivity index (χ1n) is 8.39. The first kappa shape index (κ1) is 19.4. The molecule has 0 spiro atoms. The van der Waals surface area contributed by atoms with Gasteiger partial charge in [0.1, 0.15) is 11.5 Å². The van der Waals surface area contributed by atoms with Crippen LogP contribution in [0.1, 0.15) is 26.3 Å². The summed E-state index contributed by atoms with van der Waals surface area (Å²) in [6.45, 7) is 0. The lowest BCUT2D eigenvalue weighted by molar-refractivity contribution is 0.0693. The number of rotatable bonds is 7. The van der Waals surface area contributed by atoms with Crippen molar-refractivity contribution in [3.8, 4) is 21.9 Å². The Hall–Kier alpha value is -3.38. The van der Waals surface area contributed by atoms with E-state index in [1.54, 1.807) is 49.8 Å². The van der Waals surface area contributed by atoms with Gasteiger partial charge in [-0.25, -0.2) is 4.79 Å². The van der Waals surface area contributed by atoms with E-state index >= 15 is 0 Å². The van der Waals surface area contributed by atoms with Gasteiger partial charge in [-0.15, -0.1) is 11.3 Å². The predicted octanol–water partition coefficient (Wildman–Crippen LogP) is 5.03. The van der Waals surface area contributed by atoms with Crippen molar-refractivity contribution in [2.75, 3.05) is 14.2 Å². The molecular weight excluding hydrogens is 376 g/mol. The van der Waals surface area contributed by atoms with E-state index in [4.69, 9.17) is 9.47 Å². The summed E-state index contributed by atoms with van der Waals surface area (Å²) in [5.41, 5.74) is 1.68. The van der Waals surface area contributed by atoms with Crippen molar-refractivity contribution in [2.45, 2.75) is 0 Å². The molecule has 6 heteroatoms. The number of aromatic carboxylic acids is 1. The van der Waals surface area contributed by atoms with E-state index in [2.05, 4.69) is 0 Å². The van der Waals surface area contributed by atoms with Crippen LogP contribution in [0.5, 0.6) is 11.5 Å². The molecule has 5 nitrogen and oxygen atoms in total. The number of carbonyl (C=O) groups excluding carboxylic acids is 1. The molecular formula is C22H18O5S.